The van der Waals surface area contributed by atoms with Gasteiger partial charge in [-0.1, -0.05) is 0 Å². The van der Waals surface area contributed by atoms with Crippen LogP contribution in [0.25, 0.3) is 0 Å². The van der Waals surface area contributed by atoms with Gasteiger partial charge in [-0.05, 0) is 6.07 Å². The zero-order valence-corrected chi connectivity index (χ0v) is 9.92. The van der Waals surface area contributed by atoms with Crippen molar-refractivity contribution in [1.29, 1.82) is 0 Å². The van der Waals surface area contributed by atoms with Crippen LogP contribution in [0.4, 0.5) is 10.1 Å². The molecule has 0 saturated heterocycles. The highest BCUT2D eigenvalue weighted by Gasteiger charge is 2.22. The number of nitro benzene ring substituents is 1. The quantitative estimate of drug-likeness (QED) is 0.620. The summed E-state index contributed by atoms with van der Waals surface area (Å²) in [6.07, 6.45) is -0.572. The number of aliphatic carboxylic acids is 1. The average Bonchev–Trinajstić information content (AvgIpc) is 2.27. The fourth-order valence-electron chi connectivity index (χ4n) is 1.57. The molecule has 1 aromatic carbocycles. The zero-order valence-electron chi connectivity index (χ0n) is 9.92. The number of carboxylic acid groups (broad SMARTS) is 1. The molecule has 7 nitrogen and oxygen atoms in total. The van der Waals surface area contributed by atoms with Gasteiger partial charge in [0.05, 0.1) is 17.4 Å². The third-order valence-corrected chi connectivity index (χ3v) is 2.32. The van der Waals surface area contributed by atoms with Crippen LogP contribution < -0.4 is 5.32 Å². The van der Waals surface area contributed by atoms with E-state index in [9.17, 15) is 24.1 Å². The lowest BCUT2D eigenvalue weighted by molar-refractivity contribution is -0.385. The Kier molecular flexibility index (Phi) is 4.51. The Labute approximate surface area is 107 Å². The third kappa shape index (κ3) is 4.02. The predicted molar refractivity (Wildman–Crippen MR) is 61.9 cm³/mol. The van der Waals surface area contributed by atoms with E-state index >= 15 is 0 Å². The molecule has 0 bridgehead atoms. The molecule has 0 aromatic heterocycles. The summed E-state index contributed by atoms with van der Waals surface area (Å²) in [5.74, 6) is -2.63. The van der Waals surface area contributed by atoms with E-state index in [0.29, 0.717) is 0 Å². The van der Waals surface area contributed by atoms with Crippen molar-refractivity contribution in [1.82, 2.24) is 5.32 Å². The van der Waals surface area contributed by atoms with Crippen LogP contribution in [0.15, 0.2) is 18.2 Å². The number of rotatable bonds is 5. The molecule has 19 heavy (non-hydrogen) atoms. The number of hydrogen-bond donors (Lipinski definition) is 2. The molecule has 0 aliphatic heterocycles. The van der Waals surface area contributed by atoms with Gasteiger partial charge in [0.25, 0.3) is 5.69 Å². The lowest BCUT2D eigenvalue weighted by Crippen LogP contribution is -2.28. The van der Waals surface area contributed by atoms with E-state index in [4.69, 9.17) is 5.11 Å². The summed E-state index contributed by atoms with van der Waals surface area (Å²) < 4.78 is 13.6. The van der Waals surface area contributed by atoms with E-state index in [-0.39, 0.29) is 11.3 Å². The minimum Gasteiger partial charge on any atom is -0.481 e. The number of nitrogens with zero attached hydrogens (tertiary/aromatic N) is 1. The molecule has 1 unspecified atom stereocenters. The maximum atomic E-state index is 13.6. The summed E-state index contributed by atoms with van der Waals surface area (Å²) in [6, 6.07) is 1.59. The topological polar surface area (TPSA) is 110 Å². The fourth-order valence-corrected chi connectivity index (χ4v) is 1.57. The molecule has 0 aliphatic rings. The Hall–Kier alpha value is -2.51. The summed E-state index contributed by atoms with van der Waals surface area (Å²) in [6.45, 7) is 1.14. The van der Waals surface area contributed by atoms with Gasteiger partial charge in [-0.3, -0.25) is 19.7 Å². The minimum absolute atomic E-state index is 0.230. The van der Waals surface area contributed by atoms with Crippen LogP contribution in [0, 0.1) is 15.9 Å². The zero-order chi connectivity index (χ0) is 14.6. The van der Waals surface area contributed by atoms with Gasteiger partial charge in [-0.25, -0.2) is 4.39 Å². The van der Waals surface area contributed by atoms with Crippen molar-refractivity contribution >= 4 is 17.6 Å². The summed E-state index contributed by atoms with van der Waals surface area (Å²) >= 11 is 0. The van der Waals surface area contributed by atoms with Crippen LogP contribution in [-0.2, 0) is 9.59 Å². The van der Waals surface area contributed by atoms with Crippen molar-refractivity contribution < 1.29 is 24.0 Å². The number of hydrogen-bond acceptors (Lipinski definition) is 4. The first-order chi connectivity index (χ1) is 8.81. The van der Waals surface area contributed by atoms with Crippen LogP contribution in [0.3, 0.4) is 0 Å². The lowest BCUT2D eigenvalue weighted by atomic mass is 10.0. The van der Waals surface area contributed by atoms with Crippen LogP contribution in [0.2, 0.25) is 0 Å². The van der Waals surface area contributed by atoms with Gasteiger partial charge >= 0.3 is 5.97 Å². The van der Waals surface area contributed by atoms with Gasteiger partial charge in [0.2, 0.25) is 5.91 Å². The molecule has 1 rings (SSSR count). The lowest BCUT2D eigenvalue weighted by Gasteiger charge is -2.16. The molecule has 1 amide bonds. The van der Waals surface area contributed by atoms with Crippen molar-refractivity contribution in [2.24, 2.45) is 0 Å². The van der Waals surface area contributed by atoms with E-state index in [1.54, 1.807) is 0 Å². The number of nitro groups is 1. The van der Waals surface area contributed by atoms with E-state index in [1.165, 1.54) is 0 Å². The number of halogens is 1. The van der Waals surface area contributed by atoms with Gasteiger partial charge in [-0.15, -0.1) is 0 Å². The standard InChI is InChI=1S/C11H11FN2O5/c1-6(15)13-10(5-11(16)17)8-4-7(14(18)19)2-3-9(8)12/h2-4,10H,5H2,1H3,(H,13,15)(H,16,17). The highest BCUT2D eigenvalue weighted by Crippen LogP contribution is 2.25. The SMILES string of the molecule is CC(=O)NC(CC(=O)O)c1cc([N+](=O)[O-])ccc1F. The molecule has 1 aromatic rings. The van der Waals surface area contributed by atoms with Gasteiger partial charge in [0.1, 0.15) is 5.82 Å². The molecule has 102 valence electrons. The number of non-ortho nitro benzene ring substituents is 1. The van der Waals surface area contributed by atoms with E-state index in [0.717, 1.165) is 25.1 Å². The second-order valence-electron chi connectivity index (χ2n) is 3.81. The Morgan fingerprint density at radius 1 is 1.53 bits per heavy atom. The third-order valence-electron chi connectivity index (χ3n) is 2.32. The monoisotopic (exact) mass is 270 g/mol. The van der Waals surface area contributed by atoms with Gasteiger partial charge in [0.15, 0.2) is 0 Å². The molecule has 0 spiro atoms. The first-order valence-corrected chi connectivity index (χ1v) is 5.24. The molecular weight excluding hydrogens is 259 g/mol. The van der Waals surface area contributed by atoms with Crippen molar-refractivity contribution in [2.75, 3.05) is 0 Å². The summed E-state index contributed by atoms with van der Waals surface area (Å²) in [5.41, 5.74) is -0.607. The molecule has 0 aliphatic carbocycles. The molecule has 1 atom stereocenters. The highest BCUT2D eigenvalue weighted by atomic mass is 19.1. The summed E-state index contributed by atoms with van der Waals surface area (Å²) in [7, 11) is 0. The van der Waals surface area contributed by atoms with Crippen LogP contribution in [0.5, 0.6) is 0 Å². The fraction of sp³-hybridized carbons (Fsp3) is 0.273. The second-order valence-corrected chi connectivity index (χ2v) is 3.81. The van der Waals surface area contributed by atoms with E-state index in [2.05, 4.69) is 5.32 Å². The van der Waals surface area contributed by atoms with E-state index in [1.807, 2.05) is 0 Å². The first-order valence-electron chi connectivity index (χ1n) is 5.24. The molecule has 0 fully saturated rings. The largest absolute Gasteiger partial charge is 0.481 e. The van der Waals surface area contributed by atoms with Crippen LogP contribution in [0.1, 0.15) is 24.9 Å². The van der Waals surface area contributed by atoms with Crippen LogP contribution >= 0.6 is 0 Å². The number of carbonyl (C=O) groups is 2. The highest BCUT2D eigenvalue weighted by molar-refractivity contribution is 5.75. The van der Waals surface area contributed by atoms with Crippen molar-refractivity contribution in [3.63, 3.8) is 0 Å². The molecule has 8 heteroatoms. The minimum atomic E-state index is -1.26. The van der Waals surface area contributed by atoms with Gasteiger partial charge in [0, 0.05) is 24.6 Å². The number of nitrogens with one attached hydrogen (secondary N) is 1. The predicted octanol–water partition coefficient (Wildman–Crippen LogP) is 1.39. The summed E-state index contributed by atoms with van der Waals surface area (Å²) in [5, 5.41) is 21.6. The number of carboxylic acids is 1. The second kappa shape index (κ2) is 5.89. The molecule has 2 N–H and O–H groups in total. The average molecular weight is 270 g/mol. The molecular formula is C11H11FN2O5. The Morgan fingerprint density at radius 2 is 2.16 bits per heavy atom. The molecule has 0 heterocycles. The van der Waals surface area contributed by atoms with Gasteiger partial charge in [-0.2, -0.15) is 0 Å². The Balaban J connectivity index is 3.19. The normalized spacial score (nSPS) is 11.7. The van der Waals surface area contributed by atoms with Gasteiger partial charge < -0.3 is 10.4 Å². The van der Waals surface area contributed by atoms with Crippen molar-refractivity contribution in [3.8, 4) is 0 Å². The molecule has 0 radical (unpaired) electrons. The first kappa shape index (κ1) is 14.6. The Morgan fingerprint density at radius 3 is 2.63 bits per heavy atom. The maximum Gasteiger partial charge on any atom is 0.305 e. The van der Waals surface area contributed by atoms with Crippen LogP contribution in [-0.4, -0.2) is 21.9 Å². The van der Waals surface area contributed by atoms with Crippen molar-refractivity contribution in [3.05, 3.63) is 39.7 Å². The van der Waals surface area contributed by atoms with E-state index < -0.39 is 35.1 Å². The number of benzene rings is 1. The van der Waals surface area contributed by atoms with Crippen molar-refractivity contribution in [2.45, 2.75) is 19.4 Å². The Bertz CT molecular complexity index is 516. The number of amides is 1. The smallest absolute Gasteiger partial charge is 0.305 e. The molecule has 0 saturated carbocycles. The maximum absolute atomic E-state index is 13.6. The number of carbonyl (C=O) groups excluding carboxylic acids is 1. The summed E-state index contributed by atoms with van der Waals surface area (Å²) in [4.78, 5) is 31.5.